The quantitative estimate of drug-likeness (QED) is 0.286. The van der Waals surface area contributed by atoms with Gasteiger partial charge in [-0.15, -0.1) is 0 Å². The van der Waals surface area contributed by atoms with Crippen LogP contribution in [0.25, 0.3) is 33.2 Å². The van der Waals surface area contributed by atoms with Crippen LogP contribution in [0.5, 0.6) is 0 Å². The lowest BCUT2D eigenvalue weighted by Crippen LogP contribution is -2.46. The summed E-state index contributed by atoms with van der Waals surface area (Å²) in [4.78, 5) is 34.4. The lowest BCUT2D eigenvalue weighted by Gasteiger charge is -2.28. The van der Waals surface area contributed by atoms with Crippen molar-refractivity contribution in [2.45, 2.75) is 103 Å². The van der Waals surface area contributed by atoms with Gasteiger partial charge in [0, 0.05) is 31.8 Å². The molecular formula is C31H38Cl2N8O4. The summed E-state index contributed by atoms with van der Waals surface area (Å²) in [6.07, 6.45) is 4.46. The Kier molecular flexibility index (Phi) is 7.52. The average Bonchev–Trinajstić information content (AvgIpc) is 3.74. The van der Waals surface area contributed by atoms with Crippen molar-refractivity contribution in [1.82, 2.24) is 34.4 Å². The number of hydrogen-bond donors (Lipinski definition) is 1. The fourth-order valence-electron chi connectivity index (χ4n) is 7.15. The molecule has 4 atom stereocenters. The Morgan fingerprint density at radius 1 is 1.13 bits per heavy atom. The summed E-state index contributed by atoms with van der Waals surface area (Å²) in [5.74, 6) is 0.547. The molecule has 1 amide bonds. The number of amides is 1. The van der Waals surface area contributed by atoms with Crippen LogP contribution in [0.4, 0.5) is 10.7 Å². The third-order valence-corrected chi connectivity index (χ3v) is 9.92. The van der Waals surface area contributed by atoms with Crippen molar-refractivity contribution in [2.24, 2.45) is 7.05 Å². The van der Waals surface area contributed by atoms with E-state index in [0.717, 1.165) is 38.5 Å². The van der Waals surface area contributed by atoms with Crippen molar-refractivity contribution in [3.63, 3.8) is 0 Å². The highest BCUT2D eigenvalue weighted by Gasteiger charge is 2.49. The summed E-state index contributed by atoms with van der Waals surface area (Å²) >= 11 is 13.7. The lowest BCUT2D eigenvalue weighted by molar-refractivity contribution is -0.0368. The zero-order valence-corrected chi connectivity index (χ0v) is 27.7. The maximum atomic E-state index is 14.4. The number of hydrogen-bond acceptors (Lipinski definition) is 8. The summed E-state index contributed by atoms with van der Waals surface area (Å²) in [6.45, 7) is 8.70. The highest BCUT2D eigenvalue weighted by atomic mass is 35.5. The largest absolute Gasteiger partial charge is 0.444 e. The lowest BCUT2D eigenvalue weighted by atomic mass is 9.96. The molecule has 4 aromatic rings. The van der Waals surface area contributed by atoms with Gasteiger partial charge in [0.1, 0.15) is 21.8 Å². The number of benzene rings is 1. The molecule has 45 heavy (non-hydrogen) atoms. The van der Waals surface area contributed by atoms with E-state index in [-0.39, 0.29) is 29.9 Å². The van der Waals surface area contributed by atoms with Gasteiger partial charge in [-0.1, -0.05) is 23.2 Å². The minimum Gasteiger partial charge on any atom is -0.444 e. The summed E-state index contributed by atoms with van der Waals surface area (Å²) in [7, 11) is 1.74. The highest BCUT2D eigenvalue weighted by Crippen LogP contribution is 2.43. The van der Waals surface area contributed by atoms with Crippen molar-refractivity contribution in [3.8, 4) is 11.3 Å². The Balaban J connectivity index is 1.35. The molecule has 2 bridgehead atoms. The van der Waals surface area contributed by atoms with Crippen LogP contribution in [0.15, 0.2) is 16.9 Å². The Hall–Kier alpha value is -3.35. The van der Waals surface area contributed by atoms with Gasteiger partial charge >= 0.3 is 6.09 Å². The molecule has 3 aliphatic rings. The average molecular weight is 658 g/mol. The number of alkyl carbamates (subject to hydrolysis) is 1. The number of ether oxygens (including phenoxy) is 2. The molecule has 3 aromatic heterocycles. The molecule has 3 saturated heterocycles. The van der Waals surface area contributed by atoms with Crippen molar-refractivity contribution >= 4 is 57.2 Å². The van der Waals surface area contributed by atoms with Gasteiger partial charge in [0.2, 0.25) is 5.95 Å². The molecule has 12 nitrogen and oxygen atoms in total. The third kappa shape index (κ3) is 5.05. The minimum atomic E-state index is -0.593. The first-order chi connectivity index (χ1) is 21.5. The number of halogens is 2. The van der Waals surface area contributed by atoms with Crippen molar-refractivity contribution in [2.75, 3.05) is 11.5 Å². The summed E-state index contributed by atoms with van der Waals surface area (Å²) < 4.78 is 16.7. The van der Waals surface area contributed by atoms with Crippen molar-refractivity contribution < 1.29 is 14.3 Å². The zero-order chi connectivity index (χ0) is 31.8. The number of fused-ring (bicyclic) bond motifs is 4. The third-order valence-electron chi connectivity index (χ3n) is 9.14. The molecule has 240 valence electrons. The van der Waals surface area contributed by atoms with E-state index in [1.54, 1.807) is 21.0 Å². The van der Waals surface area contributed by atoms with E-state index in [9.17, 15) is 9.59 Å². The zero-order valence-electron chi connectivity index (χ0n) is 26.1. The van der Waals surface area contributed by atoms with Gasteiger partial charge in [0.05, 0.1) is 28.0 Å². The number of carbonyl (C=O) groups is 1. The minimum absolute atomic E-state index is 0.0195. The summed E-state index contributed by atoms with van der Waals surface area (Å²) in [5.41, 5.74) is 1.30. The Morgan fingerprint density at radius 2 is 1.93 bits per heavy atom. The Bertz CT molecular complexity index is 1870. The van der Waals surface area contributed by atoms with Crippen LogP contribution in [0.3, 0.4) is 0 Å². The molecule has 1 unspecified atom stereocenters. The predicted octanol–water partition coefficient (Wildman–Crippen LogP) is 5.81. The van der Waals surface area contributed by atoms with E-state index in [4.69, 9.17) is 42.8 Å². The Morgan fingerprint density at radius 3 is 2.64 bits per heavy atom. The SMILES string of the molecule is CCn1nc2ccc(-c3nn(C4CCCCO4)c4nc(N5[C@H]6CC[C@@H]5[C@H](NC(=O)OC(C)(C)C)C6)n(C)c(=O)c34)c(Cl)c2c1Cl. The topological polar surface area (TPSA) is 121 Å². The molecule has 7 rings (SSSR count). The molecule has 6 heterocycles. The van der Waals surface area contributed by atoms with Crippen molar-refractivity contribution in [1.29, 1.82) is 0 Å². The number of rotatable bonds is 5. The van der Waals surface area contributed by atoms with Gasteiger partial charge in [0.15, 0.2) is 11.9 Å². The van der Waals surface area contributed by atoms with E-state index in [1.807, 2.05) is 39.8 Å². The van der Waals surface area contributed by atoms with E-state index in [2.05, 4.69) is 15.3 Å². The molecule has 3 aliphatic heterocycles. The molecular weight excluding hydrogens is 619 g/mol. The van der Waals surface area contributed by atoms with Gasteiger partial charge in [-0.05, 0) is 78.4 Å². The van der Waals surface area contributed by atoms with Crippen LogP contribution in [0.2, 0.25) is 10.2 Å². The van der Waals surface area contributed by atoms with Gasteiger partial charge in [0.25, 0.3) is 5.56 Å². The predicted molar refractivity (Wildman–Crippen MR) is 173 cm³/mol. The van der Waals surface area contributed by atoms with Crippen LogP contribution in [0.1, 0.15) is 72.4 Å². The smallest absolute Gasteiger partial charge is 0.407 e. The normalized spacial score (nSPS) is 23.4. The van der Waals surface area contributed by atoms with Crippen LogP contribution in [-0.4, -0.2) is 65.5 Å². The van der Waals surface area contributed by atoms with E-state index in [1.165, 1.54) is 0 Å². The maximum Gasteiger partial charge on any atom is 0.407 e. The number of carbonyl (C=O) groups excluding carboxylic acids is 1. The van der Waals surface area contributed by atoms with E-state index < -0.39 is 11.7 Å². The first kappa shape index (κ1) is 30.3. The van der Waals surface area contributed by atoms with E-state index >= 15 is 0 Å². The number of aryl methyl sites for hydroxylation is 1. The number of aromatic nitrogens is 6. The van der Waals surface area contributed by atoms with Gasteiger partial charge in [-0.3, -0.25) is 14.0 Å². The maximum absolute atomic E-state index is 14.4. The molecule has 1 N–H and O–H groups in total. The van der Waals surface area contributed by atoms with Crippen LogP contribution in [0, 0.1) is 0 Å². The summed E-state index contributed by atoms with van der Waals surface area (Å²) in [6, 6.07) is 3.67. The van der Waals surface area contributed by atoms with Crippen LogP contribution >= 0.6 is 23.2 Å². The van der Waals surface area contributed by atoms with Crippen LogP contribution in [-0.2, 0) is 23.1 Å². The summed E-state index contributed by atoms with van der Waals surface area (Å²) in [5, 5.41) is 14.4. The molecule has 0 spiro atoms. The number of nitrogens with one attached hydrogen (secondary N) is 1. The molecule has 14 heteroatoms. The number of nitrogens with zero attached hydrogens (tertiary/aromatic N) is 7. The van der Waals surface area contributed by atoms with Gasteiger partial charge in [-0.2, -0.15) is 15.2 Å². The molecule has 3 fully saturated rings. The molecule has 0 radical (unpaired) electrons. The second-order valence-electron chi connectivity index (χ2n) is 13.2. The van der Waals surface area contributed by atoms with Crippen molar-refractivity contribution in [3.05, 3.63) is 32.7 Å². The number of anilines is 1. The fourth-order valence-corrected chi connectivity index (χ4v) is 7.89. The Labute approximate surface area is 270 Å². The monoisotopic (exact) mass is 656 g/mol. The van der Waals surface area contributed by atoms with Gasteiger partial charge in [-0.25, -0.2) is 9.48 Å². The molecule has 0 saturated carbocycles. The second kappa shape index (κ2) is 11.2. The van der Waals surface area contributed by atoms with E-state index in [0.29, 0.717) is 62.5 Å². The molecule has 0 aliphatic carbocycles. The second-order valence-corrected chi connectivity index (χ2v) is 13.9. The first-order valence-electron chi connectivity index (χ1n) is 15.7. The fraction of sp³-hybridized carbons (Fsp3) is 0.581. The van der Waals surface area contributed by atoms with Gasteiger partial charge < -0.3 is 19.7 Å². The van der Waals surface area contributed by atoms with Crippen LogP contribution < -0.4 is 15.8 Å². The standard InChI is InChI=1S/C31H38Cl2N8O4/c1-6-39-26(33)22-18(36-39)12-11-17(24(22)32)25-23-27(41(37-25)21-9-7-8-14-44-21)35-29(38(5)28(23)42)40-16-10-13-20(40)19(15-16)34-30(43)45-31(2,3)4/h11-12,16,19-21H,6-10,13-15H2,1-5H3,(H,34,43)/t16-,19+,20+,21?/m0/s1. The highest BCUT2D eigenvalue weighted by molar-refractivity contribution is 6.43. The first-order valence-corrected chi connectivity index (χ1v) is 16.5. The molecule has 1 aromatic carbocycles.